The highest BCUT2D eigenvalue weighted by molar-refractivity contribution is 5.73. The van der Waals surface area contributed by atoms with E-state index in [1.807, 2.05) is 6.92 Å². The molecule has 0 aliphatic carbocycles. The Balaban J connectivity index is 3.45. The van der Waals surface area contributed by atoms with Crippen LogP contribution in [0.3, 0.4) is 0 Å². The molecule has 0 atom stereocenters. The number of aliphatic hydroxyl groups excluding tert-OH is 1. The number of nitrogens with two attached hydrogens (primary N) is 1. The van der Waals surface area contributed by atoms with Crippen molar-refractivity contribution in [3.05, 3.63) is 0 Å². The number of nitrogens with zero attached hydrogens (tertiary/aromatic N) is 1. The minimum atomic E-state index is -0.266. The number of rotatable bonds is 7. The number of aliphatic hydroxyl groups is 1. The van der Waals surface area contributed by atoms with Crippen LogP contribution in [0.2, 0.25) is 0 Å². The van der Waals surface area contributed by atoms with Crippen molar-refractivity contribution >= 4 is 5.91 Å². The lowest BCUT2D eigenvalue weighted by molar-refractivity contribution is -0.118. The van der Waals surface area contributed by atoms with Gasteiger partial charge < -0.3 is 15.7 Å². The van der Waals surface area contributed by atoms with E-state index < -0.39 is 0 Å². The van der Waals surface area contributed by atoms with Crippen LogP contribution in [0.15, 0.2) is 0 Å². The summed E-state index contributed by atoms with van der Waals surface area (Å²) in [5.74, 6) is -0.266. The lowest BCUT2D eigenvalue weighted by atomic mass is 10.3. The zero-order valence-corrected chi connectivity index (χ0v) is 7.62. The highest BCUT2D eigenvalue weighted by atomic mass is 16.3. The van der Waals surface area contributed by atoms with Crippen LogP contribution >= 0.6 is 0 Å². The van der Waals surface area contributed by atoms with Gasteiger partial charge in [0.05, 0.1) is 0 Å². The first-order chi connectivity index (χ1) is 5.70. The largest absolute Gasteiger partial charge is 0.396 e. The third-order valence-corrected chi connectivity index (χ3v) is 1.75. The number of hydrogen-bond donors (Lipinski definition) is 2. The molecule has 0 aromatic carbocycles. The van der Waals surface area contributed by atoms with Gasteiger partial charge in [-0.1, -0.05) is 6.92 Å². The Morgan fingerprint density at radius 3 is 2.58 bits per heavy atom. The predicted octanol–water partition coefficient (Wildman–Crippen LogP) is -0.434. The molecule has 0 spiro atoms. The topological polar surface area (TPSA) is 66.6 Å². The Morgan fingerprint density at radius 2 is 2.17 bits per heavy atom. The predicted molar refractivity (Wildman–Crippen MR) is 47.6 cm³/mol. The molecule has 0 radical (unpaired) electrons. The normalized spacial score (nSPS) is 10.6. The molecule has 0 aliphatic rings. The summed E-state index contributed by atoms with van der Waals surface area (Å²) >= 11 is 0. The summed E-state index contributed by atoms with van der Waals surface area (Å²) in [5, 5.41) is 8.57. The van der Waals surface area contributed by atoms with Crippen molar-refractivity contribution in [3.63, 3.8) is 0 Å². The van der Waals surface area contributed by atoms with Crippen LogP contribution in [0.1, 0.15) is 19.8 Å². The Labute approximate surface area is 73.3 Å². The second kappa shape index (κ2) is 7.06. The van der Waals surface area contributed by atoms with Crippen LogP contribution in [0.25, 0.3) is 0 Å². The van der Waals surface area contributed by atoms with Gasteiger partial charge in [-0.3, -0.25) is 4.79 Å². The molecule has 4 nitrogen and oxygen atoms in total. The SMILES string of the molecule is CCN(CCCO)CCC(N)=O. The molecule has 0 unspecified atom stereocenters. The fourth-order valence-corrected chi connectivity index (χ4v) is 0.991. The molecule has 72 valence electrons. The zero-order chi connectivity index (χ0) is 9.40. The van der Waals surface area contributed by atoms with Crippen molar-refractivity contribution in [2.75, 3.05) is 26.2 Å². The fraction of sp³-hybridized carbons (Fsp3) is 0.875. The van der Waals surface area contributed by atoms with Gasteiger partial charge in [-0.05, 0) is 13.0 Å². The maximum Gasteiger partial charge on any atom is 0.218 e. The number of amides is 1. The Bertz CT molecular complexity index is 128. The van der Waals surface area contributed by atoms with Crippen molar-refractivity contribution < 1.29 is 9.90 Å². The molecule has 0 saturated heterocycles. The van der Waals surface area contributed by atoms with E-state index in [-0.39, 0.29) is 12.5 Å². The molecule has 1 amide bonds. The van der Waals surface area contributed by atoms with Gasteiger partial charge in [0.1, 0.15) is 0 Å². The molecule has 0 heterocycles. The van der Waals surface area contributed by atoms with Crippen molar-refractivity contribution in [1.29, 1.82) is 0 Å². The molecule has 0 bridgehead atoms. The summed E-state index contributed by atoms with van der Waals surface area (Å²) in [6.45, 7) is 4.66. The summed E-state index contributed by atoms with van der Waals surface area (Å²) < 4.78 is 0. The second-order valence-corrected chi connectivity index (χ2v) is 2.73. The molecular weight excluding hydrogens is 156 g/mol. The molecule has 0 saturated carbocycles. The van der Waals surface area contributed by atoms with Crippen LogP contribution in [0.5, 0.6) is 0 Å². The van der Waals surface area contributed by atoms with E-state index in [9.17, 15) is 4.79 Å². The van der Waals surface area contributed by atoms with Crippen LogP contribution in [-0.4, -0.2) is 42.2 Å². The van der Waals surface area contributed by atoms with Crippen molar-refractivity contribution in [2.45, 2.75) is 19.8 Å². The molecule has 0 aromatic rings. The summed E-state index contributed by atoms with van der Waals surface area (Å²) in [5.41, 5.74) is 5.01. The third kappa shape index (κ3) is 6.12. The standard InChI is InChI=1S/C8H18N2O2/c1-2-10(5-3-7-11)6-4-8(9)12/h11H,2-7H2,1H3,(H2,9,12). The van der Waals surface area contributed by atoms with E-state index in [0.717, 1.165) is 19.5 Å². The summed E-state index contributed by atoms with van der Waals surface area (Å²) in [7, 11) is 0. The third-order valence-electron chi connectivity index (χ3n) is 1.75. The molecular formula is C8H18N2O2. The minimum absolute atomic E-state index is 0.201. The second-order valence-electron chi connectivity index (χ2n) is 2.73. The molecule has 0 rings (SSSR count). The van der Waals surface area contributed by atoms with E-state index in [1.165, 1.54) is 0 Å². The molecule has 0 aromatic heterocycles. The van der Waals surface area contributed by atoms with Crippen LogP contribution in [-0.2, 0) is 4.79 Å². The van der Waals surface area contributed by atoms with Gasteiger partial charge in [0.2, 0.25) is 5.91 Å². The monoisotopic (exact) mass is 174 g/mol. The van der Waals surface area contributed by atoms with Gasteiger partial charge in [-0.25, -0.2) is 0 Å². The van der Waals surface area contributed by atoms with E-state index in [1.54, 1.807) is 0 Å². The highest BCUT2D eigenvalue weighted by Crippen LogP contribution is 1.92. The average Bonchev–Trinajstić information content (AvgIpc) is 2.05. The van der Waals surface area contributed by atoms with Crippen LogP contribution in [0.4, 0.5) is 0 Å². The van der Waals surface area contributed by atoms with E-state index >= 15 is 0 Å². The fourth-order valence-electron chi connectivity index (χ4n) is 0.991. The molecule has 4 heteroatoms. The van der Waals surface area contributed by atoms with Gasteiger partial charge in [0, 0.05) is 26.1 Å². The smallest absolute Gasteiger partial charge is 0.218 e. The van der Waals surface area contributed by atoms with Crippen LogP contribution in [0, 0.1) is 0 Å². The van der Waals surface area contributed by atoms with E-state index in [0.29, 0.717) is 13.0 Å². The van der Waals surface area contributed by atoms with Crippen molar-refractivity contribution in [1.82, 2.24) is 4.90 Å². The molecule has 3 N–H and O–H groups in total. The lowest BCUT2D eigenvalue weighted by Gasteiger charge is -2.18. The average molecular weight is 174 g/mol. The highest BCUT2D eigenvalue weighted by Gasteiger charge is 2.02. The van der Waals surface area contributed by atoms with Gasteiger partial charge >= 0.3 is 0 Å². The first-order valence-corrected chi connectivity index (χ1v) is 4.32. The molecule has 0 aliphatic heterocycles. The maximum atomic E-state index is 10.4. The maximum absolute atomic E-state index is 10.4. The summed E-state index contributed by atoms with van der Waals surface area (Å²) in [6.07, 6.45) is 1.16. The van der Waals surface area contributed by atoms with Crippen LogP contribution < -0.4 is 5.73 Å². The Morgan fingerprint density at radius 1 is 1.50 bits per heavy atom. The lowest BCUT2D eigenvalue weighted by Crippen LogP contribution is -2.29. The van der Waals surface area contributed by atoms with Gasteiger partial charge in [0.15, 0.2) is 0 Å². The number of hydrogen-bond acceptors (Lipinski definition) is 3. The summed E-state index contributed by atoms with van der Waals surface area (Å²) in [6, 6.07) is 0. The molecule has 0 fully saturated rings. The van der Waals surface area contributed by atoms with E-state index in [4.69, 9.17) is 10.8 Å². The van der Waals surface area contributed by atoms with E-state index in [2.05, 4.69) is 4.90 Å². The van der Waals surface area contributed by atoms with Gasteiger partial charge in [-0.15, -0.1) is 0 Å². The Hall–Kier alpha value is -0.610. The number of carbonyl (C=O) groups is 1. The van der Waals surface area contributed by atoms with Gasteiger partial charge in [-0.2, -0.15) is 0 Å². The minimum Gasteiger partial charge on any atom is -0.396 e. The number of carbonyl (C=O) groups excluding carboxylic acids is 1. The van der Waals surface area contributed by atoms with Gasteiger partial charge in [0.25, 0.3) is 0 Å². The quantitative estimate of drug-likeness (QED) is 0.550. The summed E-state index contributed by atoms with van der Waals surface area (Å²) in [4.78, 5) is 12.5. The van der Waals surface area contributed by atoms with Crippen molar-refractivity contribution in [3.8, 4) is 0 Å². The van der Waals surface area contributed by atoms with Crippen molar-refractivity contribution in [2.24, 2.45) is 5.73 Å². The first-order valence-electron chi connectivity index (χ1n) is 4.32. The first kappa shape index (κ1) is 11.4. The number of primary amides is 1. The Kier molecular flexibility index (Phi) is 6.70. The molecule has 12 heavy (non-hydrogen) atoms. The zero-order valence-electron chi connectivity index (χ0n) is 7.62.